The first kappa shape index (κ1) is 44.8. The van der Waals surface area contributed by atoms with E-state index in [0.29, 0.717) is 55.3 Å². The van der Waals surface area contributed by atoms with Crippen LogP contribution in [-0.2, 0) is 14.4 Å². The second kappa shape index (κ2) is 19.0. The first-order valence-electron chi connectivity index (χ1n) is 24.8. The number of imide groups is 2. The number of rotatable bonds is 10. The van der Waals surface area contributed by atoms with Gasteiger partial charge in [-0.1, -0.05) is 24.3 Å². The van der Waals surface area contributed by atoms with E-state index in [9.17, 15) is 24.0 Å². The molecule has 5 aromatic rings. The molecule has 0 aliphatic carbocycles. The van der Waals surface area contributed by atoms with Crippen molar-refractivity contribution in [3.05, 3.63) is 90.3 Å². The molecule has 0 radical (unpaired) electrons. The summed E-state index contributed by atoms with van der Waals surface area (Å²) >= 11 is 0. The Balaban J connectivity index is 0.774. The number of carbonyl (C=O) groups excluding carboxylic acids is 5. The van der Waals surface area contributed by atoms with Gasteiger partial charge >= 0.3 is 0 Å². The van der Waals surface area contributed by atoms with Gasteiger partial charge in [-0.3, -0.25) is 34.2 Å². The number of amides is 5. The summed E-state index contributed by atoms with van der Waals surface area (Å²) in [5, 5.41) is 11.7. The number of carbonyl (C=O) groups is 5. The highest BCUT2D eigenvalue weighted by molar-refractivity contribution is 6.25. The van der Waals surface area contributed by atoms with Gasteiger partial charge in [-0.25, -0.2) is 14.6 Å². The lowest BCUT2D eigenvalue weighted by atomic mass is 9.76. The van der Waals surface area contributed by atoms with Crippen LogP contribution in [-0.4, -0.2) is 128 Å². The molecule has 6 aliphatic rings. The predicted octanol–water partition coefficient (Wildman–Crippen LogP) is 5.43. The van der Waals surface area contributed by atoms with Crippen molar-refractivity contribution in [2.75, 3.05) is 63.0 Å². The van der Waals surface area contributed by atoms with Crippen molar-refractivity contribution < 1.29 is 28.7 Å². The van der Waals surface area contributed by atoms with E-state index in [1.807, 2.05) is 65.6 Å². The fourth-order valence-electron chi connectivity index (χ4n) is 12.1. The van der Waals surface area contributed by atoms with E-state index in [2.05, 4.69) is 30.1 Å². The van der Waals surface area contributed by atoms with Crippen molar-refractivity contribution in [1.82, 2.24) is 45.1 Å². The minimum absolute atomic E-state index is 0.0470. The molecule has 2 aromatic heterocycles. The molecule has 5 saturated heterocycles. The van der Waals surface area contributed by atoms with E-state index in [0.717, 1.165) is 116 Å². The molecule has 0 saturated carbocycles. The third kappa shape index (κ3) is 8.71. The summed E-state index contributed by atoms with van der Waals surface area (Å²) in [6.07, 6.45) is 9.08. The normalized spacial score (nSPS) is 24.2. The summed E-state index contributed by atoms with van der Waals surface area (Å²) in [6.45, 7) is 6.55. The number of likely N-dealkylation sites (tertiary alicyclic amines) is 2. The minimum atomic E-state index is -1.06. The topological polar surface area (TPSA) is 201 Å². The number of nitrogens with zero attached hydrogens (tertiary/aromatic N) is 8. The van der Waals surface area contributed by atoms with Crippen LogP contribution in [0.2, 0.25) is 0 Å². The van der Waals surface area contributed by atoms with Crippen molar-refractivity contribution in [2.24, 2.45) is 17.8 Å². The average molecular weight is 934 g/mol. The molecule has 358 valence electrons. The zero-order valence-corrected chi connectivity index (χ0v) is 38.8. The molecule has 4 atom stereocenters. The van der Waals surface area contributed by atoms with Crippen molar-refractivity contribution in [3.8, 4) is 22.8 Å². The Bertz CT molecular complexity index is 2770. The molecule has 3 unspecified atom stereocenters. The number of benzene rings is 3. The molecule has 11 rings (SSSR count). The van der Waals surface area contributed by atoms with Gasteiger partial charge in [0.2, 0.25) is 17.7 Å². The van der Waals surface area contributed by atoms with E-state index >= 15 is 0 Å². The van der Waals surface area contributed by atoms with Gasteiger partial charge in [0.25, 0.3) is 11.8 Å². The first-order chi connectivity index (χ1) is 33.7. The molecule has 17 nitrogen and oxygen atoms in total. The summed E-state index contributed by atoms with van der Waals surface area (Å²) in [5.41, 5.74) is 9.93. The van der Waals surface area contributed by atoms with Gasteiger partial charge in [-0.15, -0.1) is 0 Å². The van der Waals surface area contributed by atoms with Gasteiger partial charge in [-0.2, -0.15) is 5.10 Å². The second-order valence-electron chi connectivity index (χ2n) is 19.7. The number of ether oxygens (including phenoxy) is 1. The van der Waals surface area contributed by atoms with Crippen molar-refractivity contribution in [3.63, 3.8) is 0 Å². The van der Waals surface area contributed by atoms with Crippen LogP contribution in [0, 0.1) is 17.8 Å². The van der Waals surface area contributed by atoms with Gasteiger partial charge < -0.3 is 30.5 Å². The first-order valence-corrected chi connectivity index (χ1v) is 24.8. The van der Waals surface area contributed by atoms with E-state index in [4.69, 9.17) is 20.6 Å². The quantitative estimate of drug-likeness (QED) is 0.150. The zero-order valence-electron chi connectivity index (χ0n) is 38.8. The lowest BCUT2D eigenvalue weighted by molar-refractivity contribution is -0.136. The third-order valence-corrected chi connectivity index (χ3v) is 15.6. The Labute approximate surface area is 400 Å². The molecular weight excluding hydrogens is 875 g/mol. The Morgan fingerprint density at radius 3 is 2.35 bits per heavy atom. The Kier molecular flexibility index (Phi) is 12.3. The highest BCUT2D eigenvalue weighted by Gasteiger charge is 2.48. The SMILES string of the molecule is Nc1ncnc2c1c(-c1ccc(Oc3ccccc3)cc1)nn2[C@@H]1CCCN(CC2CCN(C(=O)C3CC(C4CCNCC4)CCN3c3cccc4c3C(=O)N(C3CCC(=O)NC3=O)C4=O)CC2)C1. The van der Waals surface area contributed by atoms with E-state index in [1.165, 1.54) is 6.33 Å². The highest BCUT2D eigenvalue weighted by atomic mass is 16.5. The molecule has 6 aliphatic heterocycles. The molecule has 4 N–H and O–H groups in total. The van der Waals surface area contributed by atoms with Gasteiger partial charge in [0, 0.05) is 44.7 Å². The third-order valence-electron chi connectivity index (χ3n) is 15.6. The van der Waals surface area contributed by atoms with Crippen LogP contribution in [0.25, 0.3) is 22.3 Å². The zero-order chi connectivity index (χ0) is 47.2. The van der Waals surface area contributed by atoms with Crippen molar-refractivity contribution >= 4 is 52.1 Å². The fraction of sp³-hybridized carbons (Fsp3) is 0.462. The van der Waals surface area contributed by atoms with Crippen LogP contribution in [0.15, 0.2) is 79.1 Å². The standard InChI is InChI=1S/C52H59N11O6/c53-47-45-46(34-11-13-38(14-12-34)69-37-7-2-1-3-8-37)58-63(48(45)56-31-55-47)36-6-5-24-59(30-36)29-32-19-25-60(26-20-32)51(67)42-28-35(33-17-22-54-23-18-33)21-27-61(42)40-10-4-9-39-44(40)52(68)62(50(39)66)41-15-16-43(64)57-49(41)65/h1-4,7-14,31-33,35-36,41-42,54H,5-6,15-30H2,(H2,53,55,56)(H,57,64,65)/t35?,36-,41?,42?/m1/s1. The number of nitrogen functional groups attached to an aromatic ring is 1. The molecule has 5 fully saturated rings. The number of anilines is 2. The van der Waals surface area contributed by atoms with Gasteiger partial charge in [0.05, 0.1) is 28.2 Å². The summed E-state index contributed by atoms with van der Waals surface area (Å²) in [7, 11) is 0. The summed E-state index contributed by atoms with van der Waals surface area (Å²) in [4.78, 5) is 84.7. The highest BCUT2D eigenvalue weighted by Crippen LogP contribution is 2.42. The van der Waals surface area contributed by atoms with Crippen molar-refractivity contribution in [1.29, 1.82) is 0 Å². The van der Waals surface area contributed by atoms with Gasteiger partial charge in [0.1, 0.15) is 41.4 Å². The molecule has 17 heteroatoms. The van der Waals surface area contributed by atoms with Crippen molar-refractivity contribution in [2.45, 2.75) is 82.3 Å². The number of aromatic nitrogens is 4. The molecule has 5 amide bonds. The molecule has 3 aromatic carbocycles. The van der Waals surface area contributed by atoms with Gasteiger partial charge in [0.15, 0.2) is 5.65 Å². The lowest BCUT2D eigenvalue weighted by Gasteiger charge is -2.46. The maximum atomic E-state index is 15.0. The molecule has 8 heterocycles. The van der Waals surface area contributed by atoms with Gasteiger partial charge in [-0.05, 0) is 144 Å². The minimum Gasteiger partial charge on any atom is -0.457 e. The number of piperidine rings is 5. The predicted molar refractivity (Wildman–Crippen MR) is 258 cm³/mol. The summed E-state index contributed by atoms with van der Waals surface area (Å²) in [5.74, 6) is 1.09. The summed E-state index contributed by atoms with van der Waals surface area (Å²) < 4.78 is 8.10. The maximum Gasteiger partial charge on any atom is 0.264 e. The molecule has 0 spiro atoms. The van der Waals surface area contributed by atoms with Crippen LogP contribution in [0.5, 0.6) is 11.5 Å². The van der Waals surface area contributed by atoms with Crippen LogP contribution in [0.1, 0.15) is 91.0 Å². The molecular formula is C52H59N11O6. The Morgan fingerprint density at radius 1 is 0.783 bits per heavy atom. The number of fused-ring (bicyclic) bond motifs is 2. The molecule has 0 bridgehead atoms. The van der Waals surface area contributed by atoms with Crippen LogP contribution >= 0.6 is 0 Å². The molecule has 69 heavy (non-hydrogen) atoms. The largest absolute Gasteiger partial charge is 0.457 e. The Morgan fingerprint density at radius 2 is 1.57 bits per heavy atom. The monoisotopic (exact) mass is 933 g/mol. The fourth-order valence-corrected chi connectivity index (χ4v) is 12.1. The number of nitrogens with one attached hydrogen (secondary N) is 2. The van der Waals surface area contributed by atoms with Crippen LogP contribution in [0.3, 0.4) is 0 Å². The van der Waals surface area contributed by atoms with E-state index < -0.39 is 35.7 Å². The average Bonchev–Trinajstić information content (AvgIpc) is 3.90. The number of para-hydroxylation sites is 1. The van der Waals surface area contributed by atoms with Crippen LogP contribution in [0.4, 0.5) is 11.5 Å². The maximum absolute atomic E-state index is 15.0. The Hall–Kier alpha value is -6.72. The lowest BCUT2D eigenvalue weighted by Crippen LogP contribution is -2.56. The number of nitrogens with two attached hydrogens (primary N) is 1. The second-order valence-corrected chi connectivity index (χ2v) is 19.7. The van der Waals surface area contributed by atoms with E-state index in [-0.39, 0.29) is 35.9 Å². The number of hydrogen-bond donors (Lipinski definition) is 3. The van der Waals surface area contributed by atoms with E-state index in [1.54, 1.807) is 12.1 Å². The smallest absolute Gasteiger partial charge is 0.264 e. The summed E-state index contributed by atoms with van der Waals surface area (Å²) in [6, 6.07) is 21.3. The van der Waals surface area contributed by atoms with Crippen LogP contribution < -0.4 is 26.0 Å². The number of hydrogen-bond acceptors (Lipinski definition) is 13.